The monoisotopic (exact) mass is 546 g/mol. The Bertz CT molecular complexity index is 1380. The maximum absolute atomic E-state index is 14.2. The van der Waals surface area contributed by atoms with E-state index in [0.29, 0.717) is 34.1 Å². The molecule has 1 aliphatic carbocycles. The zero-order valence-corrected chi connectivity index (χ0v) is 23.1. The summed E-state index contributed by atoms with van der Waals surface area (Å²) in [6.07, 6.45) is 5.49. The predicted molar refractivity (Wildman–Crippen MR) is 150 cm³/mol. The fourth-order valence-corrected chi connectivity index (χ4v) is 6.09. The number of fused-ring (bicyclic) bond motifs is 1. The van der Waals surface area contributed by atoms with Crippen molar-refractivity contribution in [2.24, 2.45) is 5.92 Å². The second-order valence-electron chi connectivity index (χ2n) is 10.4. The fourth-order valence-electron chi connectivity index (χ4n) is 6.09. The van der Waals surface area contributed by atoms with E-state index in [-0.39, 0.29) is 30.4 Å². The molecule has 9 heteroatoms. The minimum Gasteiger partial charge on any atom is -0.496 e. The molecule has 2 heterocycles. The molecular formula is C31H35FN4O4. The standard InChI is InChI=1S/C31H35FN4O4/c1-19-23(8-4-10-27(19)39-2)31(38)35-22-15-20-7-6-14-36(26(20)16-22)29-13-12-21(17-33-29)30(37)34-18-24-25(32)9-5-11-28(24)40-3/h4-5,8-13,17,20,22,26H,6-7,14-16,18H2,1-3H3,(H,34,37)(H,35,38). The van der Waals surface area contributed by atoms with Gasteiger partial charge in [-0.25, -0.2) is 9.37 Å². The van der Waals surface area contributed by atoms with Crippen LogP contribution < -0.4 is 25.0 Å². The number of benzene rings is 2. The molecule has 2 aliphatic rings. The zero-order chi connectivity index (χ0) is 28.2. The zero-order valence-electron chi connectivity index (χ0n) is 23.1. The molecule has 2 fully saturated rings. The average Bonchev–Trinajstić information content (AvgIpc) is 3.39. The molecule has 3 aromatic rings. The normalized spacial score (nSPS) is 20.0. The minimum absolute atomic E-state index is 0.00864. The minimum atomic E-state index is -0.433. The quantitative estimate of drug-likeness (QED) is 0.427. The Morgan fingerprint density at radius 3 is 2.55 bits per heavy atom. The van der Waals surface area contributed by atoms with Gasteiger partial charge in [0.25, 0.3) is 11.8 Å². The van der Waals surface area contributed by atoms with Gasteiger partial charge in [0.1, 0.15) is 23.1 Å². The highest BCUT2D eigenvalue weighted by Gasteiger charge is 2.41. The van der Waals surface area contributed by atoms with Crippen molar-refractivity contribution in [1.82, 2.24) is 15.6 Å². The van der Waals surface area contributed by atoms with Crippen LogP contribution in [-0.4, -0.2) is 49.6 Å². The van der Waals surface area contributed by atoms with Gasteiger partial charge in [-0.3, -0.25) is 9.59 Å². The number of carbonyl (C=O) groups is 2. The lowest BCUT2D eigenvalue weighted by Gasteiger charge is -2.38. The van der Waals surface area contributed by atoms with Gasteiger partial charge < -0.3 is 25.0 Å². The van der Waals surface area contributed by atoms with Crippen LogP contribution in [0.25, 0.3) is 0 Å². The number of nitrogens with zero attached hydrogens (tertiary/aromatic N) is 2. The molecule has 2 amide bonds. The van der Waals surface area contributed by atoms with Crippen molar-refractivity contribution in [3.8, 4) is 11.5 Å². The molecule has 1 saturated carbocycles. The topological polar surface area (TPSA) is 92.8 Å². The molecule has 1 aromatic heterocycles. The Morgan fingerprint density at radius 2 is 1.80 bits per heavy atom. The van der Waals surface area contributed by atoms with Gasteiger partial charge in [-0.15, -0.1) is 0 Å². The average molecular weight is 547 g/mol. The van der Waals surface area contributed by atoms with E-state index >= 15 is 0 Å². The lowest BCUT2D eigenvalue weighted by molar-refractivity contribution is 0.0932. The van der Waals surface area contributed by atoms with Gasteiger partial charge >= 0.3 is 0 Å². The van der Waals surface area contributed by atoms with E-state index in [1.165, 1.54) is 13.2 Å². The van der Waals surface area contributed by atoms with Crippen LogP contribution in [0.1, 0.15) is 57.5 Å². The summed E-state index contributed by atoms with van der Waals surface area (Å²) < 4.78 is 24.8. The number of ether oxygens (including phenoxy) is 2. The molecule has 0 bridgehead atoms. The number of hydrogen-bond donors (Lipinski definition) is 2. The summed E-state index contributed by atoms with van der Waals surface area (Å²) in [4.78, 5) is 32.8. The highest BCUT2D eigenvalue weighted by Crippen LogP contribution is 2.39. The molecule has 2 aromatic carbocycles. The summed E-state index contributed by atoms with van der Waals surface area (Å²) in [5.74, 6) is 1.53. The Kier molecular flexibility index (Phi) is 8.19. The summed E-state index contributed by atoms with van der Waals surface area (Å²) >= 11 is 0. The summed E-state index contributed by atoms with van der Waals surface area (Å²) in [6, 6.07) is 14.0. The molecule has 210 valence electrons. The summed E-state index contributed by atoms with van der Waals surface area (Å²) in [5.41, 5.74) is 2.17. The first-order valence-electron chi connectivity index (χ1n) is 13.7. The molecule has 1 aliphatic heterocycles. The Morgan fingerprint density at radius 1 is 1.02 bits per heavy atom. The van der Waals surface area contributed by atoms with Crippen LogP contribution in [0, 0.1) is 18.7 Å². The molecule has 1 saturated heterocycles. The maximum Gasteiger partial charge on any atom is 0.253 e. The van der Waals surface area contributed by atoms with E-state index in [0.717, 1.165) is 43.6 Å². The Labute approximate surface area is 233 Å². The molecular weight excluding hydrogens is 511 g/mol. The van der Waals surface area contributed by atoms with Crippen LogP contribution in [0.4, 0.5) is 10.2 Å². The first kappa shape index (κ1) is 27.4. The van der Waals surface area contributed by atoms with Gasteiger partial charge in [0.2, 0.25) is 0 Å². The smallest absolute Gasteiger partial charge is 0.253 e. The Balaban J connectivity index is 1.22. The van der Waals surface area contributed by atoms with Crippen molar-refractivity contribution in [1.29, 1.82) is 0 Å². The molecule has 3 atom stereocenters. The number of piperidine rings is 1. The second kappa shape index (κ2) is 11.9. The number of amides is 2. The first-order chi connectivity index (χ1) is 19.4. The van der Waals surface area contributed by atoms with Crippen LogP contribution in [0.5, 0.6) is 11.5 Å². The van der Waals surface area contributed by atoms with Gasteiger partial charge in [0.15, 0.2) is 0 Å². The SMILES string of the molecule is COc1cccc(C(=O)NC2CC3CCCN(c4ccc(C(=O)NCc5c(F)cccc5OC)cn4)C3C2)c1C. The van der Waals surface area contributed by atoms with Gasteiger partial charge in [-0.05, 0) is 74.9 Å². The Hall–Kier alpha value is -4.14. The number of hydrogen-bond acceptors (Lipinski definition) is 6. The van der Waals surface area contributed by atoms with Crippen LogP contribution in [0.15, 0.2) is 54.7 Å². The van der Waals surface area contributed by atoms with E-state index in [1.807, 2.05) is 31.2 Å². The number of halogens is 1. The van der Waals surface area contributed by atoms with E-state index in [9.17, 15) is 14.0 Å². The molecule has 3 unspecified atom stereocenters. The molecule has 0 spiro atoms. The second-order valence-corrected chi connectivity index (χ2v) is 10.4. The number of aromatic nitrogens is 1. The van der Waals surface area contributed by atoms with E-state index in [2.05, 4.69) is 20.5 Å². The van der Waals surface area contributed by atoms with Crippen molar-refractivity contribution in [2.75, 3.05) is 25.7 Å². The summed E-state index contributed by atoms with van der Waals surface area (Å²) in [7, 11) is 3.08. The van der Waals surface area contributed by atoms with Crippen molar-refractivity contribution < 1.29 is 23.5 Å². The van der Waals surface area contributed by atoms with Gasteiger partial charge in [0.05, 0.1) is 19.8 Å². The number of anilines is 1. The molecule has 8 nitrogen and oxygen atoms in total. The van der Waals surface area contributed by atoms with Crippen molar-refractivity contribution in [3.05, 3.63) is 82.8 Å². The van der Waals surface area contributed by atoms with Crippen molar-refractivity contribution in [2.45, 2.75) is 51.2 Å². The molecule has 0 radical (unpaired) electrons. The number of methoxy groups -OCH3 is 2. The molecule has 2 N–H and O–H groups in total. The predicted octanol–water partition coefficient (Wildman–Crippen LogP) is 4.65. The third kappa shape index (κ3) is 5.59. The third-order valence-electron chi connectivity index (χ3n) is 8.14. The third-order valence-corrected chi connectivity index (χ3v) is 8.14. The lowest BCUT2D eigenvalue weighted by atomic mass is 9.92. The van der Waals surface area contributed by atoms with Gasteiger partial charge in [0, 0.05) is 48.1 Å². The highest BCUT2D eigenvalue weighted by molar-refractivity contribution is 5.96. The van der Waals surface area contributed by atoms with Gasteiger partial charge in [-0.2, -0.15) is 0 Å². The first-order valence-corrected chi connectivity index (χ1v) is 13.7. The number of nitrogens with one attached hydrogen (secondary N) is 2. The van der Waals surface area contributed by atoms with E-state index in [4.69, 9.17) is 9.47 Å². The molecule has 40 heavy (non-hydrogen) atoms. The van der Waals surface area contributed by atoms with E-state index < -0.39 is 5.82 Å². The van der Waals surface area contributed by atoms with Gasteiger partial charge in [-0.1, -0.05) is 12.1 Å². The van der Waals surface area contributed by atoms with Crippen molar-refractivity contribution in [3.63, 3.8) is 0 Å². The maximum atomic E-state index is 14.2. The lowest BCUT2D eigenvalue weighted by Crippen LogP contribution is -2.43. The molecule has 5 rings (SSSR count). The fraction of sp³-hybridized carbons (Fsp3) is 0.387. The number of pyridine rings is 1. The highest BCUT2D eigenvalue weighted by atomic mass is 19.1. The van der Waals surface area contributed by atoms with Crippen LogP contribution in [0.2, 0.25) is 0 Å². The van der Waals surface area contributed by atoms with Crippen LogP contribution in [0.3, 0.4) is 0 Å². The van der Waals surface area contributed by atoms with Crippen molar-refractivity contribution >= 4 is 17.6 Å². The summed E-state index contributed by atoms with van der Waals surface area (Å²) in [6.45, 7) is 2.79. The van der Waals surface area contributed by atoms with Crippen LogP contribution in [-0.2, 0) is 6.54 Å². The van der Waals surface area contributed by atoms with Crippen LogP contribution >= 0.6 is 0 Å². The number of rotatable bonds is 8. The summed E-state index contributed by atoms with van der Waals surface area (Å²) in [5, 5.41) is 6.00. The number of carbonyl (C=O) groups excluding carboxylic acids is 2. The largest absolute Gasteiger partial charge is 0.496 e. The van der Waals surface area contributed by atoms with E-state index in [1.54, 1.807) is 31.5 Å².